The van der Waals surface area contributed by atoms with Crippen LogP contribution in [0.4, 0.5) is 0 Å². The van der Waals surface area contributed by atoms with Gasteiger partial charge in [0.15, 0.2) is 15.7 Å². The molecule has 0 saturated heterocycles. The smallest absolute Gasteiger partial charge is 0.338 e. The van der Waals surface area contributed by atoms with Crippen molar-refractivity contribution >= 4 is 26.7 Å². The average Bonchev–Trinajstić information content (AvgIpc) is 2.68. The van der Waals surface area contributed by atoms with Crippen LogP contribution in [0.2, 0.25) is 0 Å². The van der Waals surface area contributed by atoms with Gasteiger partial charge in [-0.25, -0.2) is 18.2 Å². The van der Waals surface area contributed by atoms with Crippen molar-refractivity contribution in [2.75, 3.05) is 6.26 Å². The van der Waals surface area contributed by atoms with Gasteiger partial charge in [0.05, 0.1) is 27.4 Å². The van der Waals surface area contributed by atoms with Crippen molar-refractivity contribution in [1.29, 1.82) is 5.26 Å². The van der Waals surface area contributed by atoms with Crippen molar-refractivity contribution in [1.82, 2.24) is 9.55 Å². The van der Waals surface area contributed by atoms with Crippen molar-refractivity contribution in [3.63, 3.8) is 0 Å². The second-order valence-corrected chi connectivity index (χ2v) is 7.98. The molecule has 3 rings (SSSR count). The number of carbonyl (C=O) groups excluding carboxylic acids is 1. The lowest BCUT2D eigenvalue weighted by Crippen LogP contribution is -2.26. The zero-order valence-corrected chi connectivity index (χ0v) is 15.6. The van der Waals surface area contributed by atoms with Gasteiger partial charge in [0.2, 0.25) is 0 Å². The summed E-state index contributed by atoms with van der Waals surface area (Å²) >= 11 is 0. The second kappa shape index (κ2) is 7.62. The number of aromatic nitrogens is 2. The van der Waals surface area contributed by atoms with E-state index in [1.807, 2.05) is 6.07 Å². The Labute approximate surface area is 160 Å². The summed E-state index contributed by atoms with van der Waals surface area (Å²) in [6.45, 7) is -0.541. The largest absolute Gasteiger partial charge is 0.454 e. The minimum absolute atomic E-state index is 0.0862. The van der Waals surface area contributed by atoms with Crippen LogP contribution in [-0.2, 0) is 27.7 Å². The lowest BCUT2D eigenvalue weighted by Gasteiger charge is -2.11. The summed E-state index contributed by atoms with van der Waals surface area (Å²) in [4.78, 5) is 29.2. The standard InChI is InChI=1S/C19H15N3O5S/c1-28(25,26)14-8-6-13(7-9-14)19(24)27-12-17-21-16-5-3-2-4-15(16)18(23)22(17)11-10-20/h2-9H,11-12H2,1H3. The molecule has 0 spiro atoms. The first-order chi connectivity index (χ1) is 13.3. The molecular weight excluding hydrogens is 382 g/mol. The highest BCUT2D eigenvalue weighted by Gasteiger charge is 2.15. The fraction of sp³-hybridized carbons (Fsp3) is 0.158. The molecule has 0 unspecified atom stereocenters. The van der Waals surface area contributed by atoms with Gasteiger partial charge in [0.1, 0.15) is 13.2 Å². The number of fused-ring (bicyclic) bond motifs is 1. The van der Waals surface area contributed by atoms with Gasteiger partial charge in [-0.1, -0.05) is 12.1 Å². The third-order valence-electron chi connectivity index (χ3n) is 4.02. The number of benzene rings is 2. The maximum absolute atomic E-state index is 12.6. The summed E-state index contributed by atoms with van der Waals surface area (Å²) < 4.78 is 29.3. The first kappa shape index (κ1) is 19.3. The molecule has 2 aromatic carbocycles. The number of hydrogen-bond acceptors (Lipinski definition) is 7. The maximum Gasteiger partial charge on any atom is 0.338 e. The predicted molar refractivity (Wildman–Crippen MR) is 100 cm³/mol. The molecule has 8 nitrogen and oxygen atoms in total. The minimum Gasteiger partial charge on any atom is -0.454 e. The first-order valence-corrected chi connectivity index (χ1v) is 10.0. The number of ether oxygens (including phenoxy) is 1. The molecule has 142 valence electrons. The zero-order valence-electron chi connectivity index (χ0n) is 14.8. The number of sulfone groups is 1. The number of nitrogens with zero attached hydrogens (tertiary/aromatic N) is 3. The molecule has 0 amide bonds. The highest BCUT2D eigenvalue weighted by molar-refractivity contribution is 7.90. The molecule has 9 heteroatoms. The Bertz CT molecular complexity index is 1260. The van der Waals surface area contributed by atoms with Gasteiger partial charge in [-0.2, -0.15) is 5.26 Å². The minimum atomic E-state index is -3.37. The average molecular weight is 397 g/mol. The van der Waals surface area contributed by atoms with Crippen molar-refractivity contribution in [3.05, 3.63) is 70.3 Å². The molecule has 0 N–H and O–H groups in total. The fourth-order valence-electron chi connectivity index (χ4n) is 2.61. The van der Waals surface area contributed by atoms with Crippen LogP contribution in [0.3, 0.4) is 0 Å². The molecule has 1 aromatic heterocycles. The molecule has 0 aliphatic rings. The Hall–Kier alpha value is -3.51. The number of para-hydroxylation sites is 1. The Morgan fingerprint density at radius 3 is 2.50 bits per heavy atom. The molecule has 0 aliphatic carbocycles. The number of rotatable bonds is 5. The van der Waals surface area contributed by atoms with E-state index in [9.17, 15) is 18.0 Å². The van der Waals surface area contributed by atoms with E-state index in [4.69, 9.17) is 10.00 Å². The number of esters is 1. The lowest BCUT2D eigenvalue weighted by molar-refractivity contribution is 0.0457. The summed E-state index contributed by atoms with van der Waals surface area (Å²) in [6, 6.07) is 13.9. The SMILES string of the molecule is CS(=O)(=O)c1ccc(C(=O)OCc2nc3ccccc3c(=O)n2CC#N)cc1. The van der Waals surface area contributed by atoms with Gasteiger partial charge >= 0.3 is 5.97 Å². The van der Waals surface area contributed by atoms with E-state index >= 15 is 0 Å². The number of nitriles is 1. The third-order valence-corrected chi connectivity index (χ3v) is 5.15. The quantitative estimate of drug-likeness (QED) is 0.601. The Kier molecular flexibility index (Phi) is 5.24. The Morgan fingerprint density at radius 1 is 1.18 bits per heavy atom. The summed E-state index contributed by atoms with van der Waals surface area (Å²) in [6.07, 6.45) is 1.07. The maximum atomic E-state index is 12.6. The van der Waals surface area contributed by atoms with Crippen LogP contribution in [0.5, 0.6) is 0 Å². The summed E-state index contributed by atoms with van der Waals surface area (Å²) in [5, 5.41) is 9.36. The van der Waals surface area contributed by atoms with Gasteiger partial charge < -0.3 is 4.74 Å². The van der Waals surface area contributed by atoms with E-state index in [1.54, 1.807) is 24.3 Å². The van der Waals surface area contributed by atoms with E-state index < -0.39 is 21.4 Å². The molecule has 28 heavy (non-hydrogen) atoms. The monoisotopic (exact) mass is 397 g/mol. The van der Waals surface area contributed by atoms with Gasteiger partial charge in [-0.15, -0.1) is 0 Å². The van der Waals surface area contributed by atoms with Gasteiger partial charge in [-0.05, 0) is 36.4 Å². The topological polar surface area (TPSA) is 119 Å². The van der Waals surface area contributed by atoms with Crippen LogP contribution in [0.15, 0.2) is 58.2 Å². The highest BCUT2D eigenvalue weighted by Crippen LogP contribution is 2.13. The van der Waals surface area contributed by atoms with Crippen molar-refractivity contribution in [2.45, 2.75) is 18.0 Å². The molecule has 1 heterocycles. The van der Waals surface area contributed by atoms with Crippen molar-refractivity contribution in [3.8, 4) is 6.07 Å². The molecular formula is C19H15N3O5S. The third kappa shape index (κ3) is 3.92. The van der Waals surface area contributed by atoms with Gasteiger partial charge in [0.25, 0.3) is 5.56 Å². The summed E-state index contributed by atoms with van der Waals surface area (Å²) in [5.74, 6) is -0.558. The number of carbonyl (C=O) groups is 1. The molecule has 0 aliphatic heterocycles. The summed E-state index contributed by atoms with van der Waals surface area (Å²) in [7, 11) is -3.37. The Morgan fingerprint density at radius 2 is 1.86 bits per heavy atom. The van der Waals surface area contributed by atoms with Crippen LogP contribution in [0.1, 0.15) is 16.2 Å². The second-order valence-electron chi connectivity index (χ2n) is 5.97. The molecule has 0 saturated carbocycles. The normalized spacial score (nSPS) is 11.1. The van der Waals surface area contributed by atoms with E-state index in [-0.39, 0.29) is 29.4 Å². The van der Waals surface area contributed by atoms with Crippen LogP contribution in [0, 0.1) is 11.3 Å². The van der Waals surface area contributed by atoms with Crippen LogP contribution < -0.4 is 5.56 Å². The summed E-state index contributed by atoms with van der Waals surface area (Å²) in [5.41, 5.74) is 0.198. The number of hydrogen-bond donors (Lipinski definition) is 0. The first-order valence-electron chi connectivity index (χ1n) is 8.14. The van der Waals surface area contributed by atoms with E-state index in [1.165, 1.54) is 24.3 Å². The highest BCUT2D eigenvalue weighted by atomic mass is 32.2. The predicted octanol–water partition coefficient (Wildman–Crippen LogP) is 1.68. The van der Waals surface area contributed by atoms with Crippen molar-refractivity contribution < 1.29 is 17.9 Å². The molecule has 0 radical (unpaired) electrons. The molecule has 0 atom stereocenters. The Balaban J connectivity index is 1.87. The fourth-order valence-corrected chi connectivity index (χ4v) is 3.24. The molecule has 0 fully saturated rings. The molecule has 3 aromatic rings. The van der Waals surface area contributed by atoms with Gasteiger partial charge in [-0.3, -0.25) is 9.36 Å². The van der Waals surface area contributed by atoms with Crippen LogP contribution in [0.25, 0.3) is 10.9 Å². The van der Waals surface area contributed by atoms with E-state index in [0.29, 0.717) is 10.9 Å². The van der Waals surface area contributed by atoms with E-state index in [2.05, 4.69) is 4.98 Å². The van der Waals surface area contributed by atoms with Crippen LogP contribution in [-0.4, -0.2) is 30.2 Å². The van der Waals surface area contributed by atoms with E-state index in [0.717, 1.165) is 10.8 Å². The van der Waals surface area contributed by atoms with Crippen molar-refractivity contribution in [2.24, 2.45) is 0 Å². The van der Waals surface area contributed by atoms with Crippen LogP contribution >= 0.6 is 0 Å². The van der Waals surface area contributed by atoms with Gasteiger partial charge in [0, 0.05) is 6.26 Å². The zero-order chi connectivity index (χ0) is 20.3. The molecule has 0 bridgehead atoms. The lowest BCUT2D eigenvalue weighted by atomic mass is 10.2.